The third-order valence-electron chi connectivity index (χ3n) is 3.28. The standard InChI is InChI=1S/C16H15N3O/c1-16(17,13-10-6-3-7-11-13)15-18-14(19-20-15)12-8-4-2-5-9-12/h2-11H,17H2,1H3. The molecule has 0 amide bonds. The predicted octanol–water partition coefficient (Wildman–Crippen LogP) is 2.96. The van der Waals surface area contributed by atoms with Gasteiger partial charge in [-0.2, -0.15) is 4.98 Å². The van der Waals surface area contributed by atoms with Gasteiger partial charge in [-0.15, -0.1) is 0 Å². The first-order chi connectivity index (χ1) is 9.68. The van der Waals surface area contributed by atoms with Gasteiger partial charge in [0.25, 0.3) is 5.89 Å². The van der Waals surface area contributed by atoms with Crippen molar-refractivity contribution < 1.29 is 4.52 Å². The van der Waals surface area contributed by atoms with Crippen molar-refractivity contribution in [3.63, 3.8) is 0 Å². The molecule has 3 rings (SSSR count). The summed E-state index contributed by atoms with van der Waals surface area (Å²) in [4.78, 5) is 4.43. The summed E-state index contributed by atoms with van der Waals surface area (Å²) in [6.07, 6.45) is 0. The Bertz CT molecular complexity index is 690. The average molecular weight is 265 g/mol. The number of benzene rings is 2. The van der Waals surface area contributed by atoms with E-state index in [0.29, 0.717) is 11.7 Å². The zero-order chi connectivity index (χ0) is 14.0. The Morgan fingerprint density at radius 1 is 0.950 bits per heavy atom. The Labute approximate surface area is 117 Å². The molecule has 0 saturated carbocycles. The second-order valence-corrected chi connectivity index (χ2v) is 4.86. The van der Waals surface area contributed by atoms with Crippen molar-refractivity contribution >= 4 is 0 Å². The van der Waals surface area contributed by atoms with Crippen LogP contribution in [0, 0.1) is 0 Å². The maximum absolute atomic E-state index is 6.35. The van der Waals surface area contributed by atoms with Crippen LogP contribution in [0.15, 0.2) is 65.2 Å². The minimum atomic E-state index is -0.804. The first-order valence-electron chi connectivity index (χ1n) is 6.42. The molecule has 0 spiro atoms. The fourth-order valence-corrected chi connectivity index (χ4v) is 2.05. The number of aromatic nitrogens is 2. The highest BCUT2D eigenvalue weighted by Gasteiger charge is 2.30. The average Bonchev–Trinajstić information content (AvgIpc) is 3.00. The van der Waals surface area contributed by atoms with Gasteiger partial charge in [-0.3, -0.25) is 0 Å². The first kappa shape index (κ1) is 12.6. The molecule has 4 nitrogen and oxygen atoms in total. The van der Waals surface area contributed by atoms with E-state index in [1.807, 2.05) is 67.6 Å². The second-order valence-electron chi connectivity index (χ2n) is 4.86. The quantitative estimate of drug-likeness (QED) is 0.790. The Kier molecular flexibility index (Phi) is 3.08. The van der Waals surface area contributed by atoms with Crippen LogP contribution < -0.4 is 5.73 Å². The number of nitrogens with zero attached hydrogens (tertiary/aromatic N) is 2. The highest BCUT2D eigenvalue weighted by molar-refractivity contribution is 5.53. The van der Waals surface area contributed by atoms with Crippen LogP contribution in [0.5, 0.6) is 0 Å². The lowest BCUT2D eigenvalue weighted by atomic mass is 9.93. The summed E-state index contributed by atoms with van der Waals surface area (Å²) in [6.45, 7) is 1.87. The van der Waals surface area contributed by atoms with Gasteiger partial charge >= 0.3 is 0 Å². The number of nitrogens with two attached hydrogens (primary N) is 1. The number of hydrogen-bond acceptors (Lipinski definition) is 4. The Morgan fingerprint density at radius 2 is 1.55 bits per heavy atom. The number of hydrogen-bond donors (Lipinski definition) is 1. The van der Waals surface area contributed by atoms with Gasteiger partial charge in [0.2, 0.25) is 5.82 Å². The molecule has 0 radical (unpaired) electrons. The number of rotatable bonds is 3. The second kappa shape index (κ2) is 4.90. The van der Waals surface area contributed by atoms with Crippen molar-refractivity contribution in [1.29, 1.82) is 0 Å². The molecule has 3 aromatic rings. The van der Waals surface area contributed by atoms with E-state index in [2.05, 4.69) is 10.1 Å². The molecule has 4 heteroatoms. The summed E-state index contributed by atoms with van der Waals surface area (Å²) < 4.78 is 5.35. The summed E-state index contributed by atoms with van der Waals surface area (Å²) in [5.74, 6) is 0.954. The highest BCUT2D eigenvalue weighted by Crippen LogP contribution is 2.26. The van der Waals surface area contributed by atoms with Gasteiger partial charge in [-0.05, 0) is 12.5 Å². The zero-order valence-corrected chi connectivity index (χ0v) is 11.2. The third kappa shape index (κ3) is 2.21. The Balaban J connectivity index is 1.98. The van der Waals surface area contributed by atoms with E-state index in [4.69, 9.17) is 10.3 Å². The first-order valence-corrected chi connectivity index (χ1v) is 6.42. The van der Waals surface area contributed by atoms with Gasteiger partial charge < -0.3 is 10.3 Å². The van der Waals surface area contributed by atoms with Crippen molar-refractivity contribution in [2.45, 2.75) is 12.5 Å². The lowest BCUT2D eigenvalue weighted by molar-refractivity contribution is 0.325. The molecule has 2 N–H and O–H groups in total. The smallest absolute Gasteiger partial charge is 0.251 e. The summed E-state index contributed by atoms with van der Waals surface area (Å²) in [7, 11) is 0. The summed E-state index contributed by atoms with van der Waals surface area (Å²) >= 11 is 0. The van der Waals surface area contributed by atoms with Crippen LogP contribution in [0.2, 0.25) is 0 Å². The lowest BCUT2D eigenvalue weighted by Crippen LogP contribution is -2.34. The molecule has 0 fully saturated rings. The molecule has 2 aromatic carbocycles. The normalized spacial score (nSPS) is 13.9. The molecule has 100 valence electrons. The third-order valence-corrected chi connectivity index (χ3v) is 3.28. The monoisotopic (exact) mass is 265 g/mol. The molecule has 0 bridgehead atoms. The van der Waals surface area contributed by atoms with Gasteiger partial charge in [0.05, 0.1) is 0 Å². The van der Waals surface area contributed by atoms with E-state index < -0.39 is 5.54 Å². The van der Waals surface area contributed by atoms with Crippen LogP contribution in [-0.4, -0.2) is 10.1 Å². The van der Waals surface area contributed by atoms with Crippen molar-refractivity contribution in [2.75, 3.05) is 0 Å². The van der Waals surface area contributed by atoms with Crippen LogP contribution in [0.3, 0.4) is 0 Å². The molecule has 1 unspecified atom stereocenters. The largest absolute Gasteiger partial charge is 0.337 e. The fraction of sp³-hybridized carbons (Fsp3) is 0.125. The summed E-state index contributed by atoms with van der Waals surface area (Å²) in [5, 5.41) is 4.01. The van der Waals surface area contributed by atoms with E-state index in [1.54, 1.807) is 0 Å². The van der Waals surface area contributed by atoms with Gasteiger partial charge in [0.15, 0.2) is 0 Å². The van der Waals surface area contributed by atoms with Crippen LogP contribution in [0.4, 0.5) is 0 Å². The van der Waals surface area contributed by atoms with Crippen molar-refractivity contribution in [1.82, 2.24) is 10.1 Å². The minimum Gasteiger partial charge on any atom is -0.337 e. The zero-order valence-electron chi connectivity index (χ0n) is 11.2. The lowest BCUT2D eigenvalue weighted by Gasteiger charge is -2.20. The van der Waals surface area contributed by atoms with Crippen LogP contribution in [-0.2, 0) is 5.54 Å². The molecule has 1 atom stereocenters. The fourth-order valence-electron chi connectivity index (χ4n) is 2.05. The molecular weight excluding hydrogens is 250 g/mol. The Hall–Kier alpha value is -2.46. The van der Waals surface area contributed by atoms with Gasteiger partial charge in [0, 0.05) is 5.56 Å². The van der Waals surface area contributed by atoms with Crippen molar-refractivity contribution in [3.05, 3.63) is 72.1 Å². The highest BCUT2D eigenvalue weighted by atomic mass is 16.5. The predicted molar refractivity (Wildman–Crippen MR) is 76.8 cm³/mol. The van der Waals surface area contributed by atoms with E-state index in [-0.39, 0.29) is 0 Å². The molecule has 0 aliphatic heterocycles. The molecule has 0 aliphatic rings. The van der Waals surface area contributed by atoms with Crippen LogP contribution in [0.25, 0.3) is 11.4 Å². The van der Waals surface area contributed by atoms with E-state index in [1.165, 1.54) is 0 Å². The molecular formula is C16H15N3O. The molecule has 1 heterocycles. The molecule has 1 aromatic heterocycles. The van der Waals surface area contributed by atoms with Crippen LogP contribution >= 0.6 is 0 Å². The topological polar surface area (TPSA) is 64.9 Å². The maximum Gasteiger partial charge on any atom is 0.251 e. The van der Waals surface area contributed by atoms with Gasteiger partial charge in [-0.1, -0.05) is 65.8 Å². The summed E-state index contributed by atoms with van der Waals surface area (Å²) in [5.41, 5.74) is 7.39. The maximum atomic E-state index is 6.35. The van der Waals surface area contributed by atoms with Gasteiger partial charge in [-0.25, -0.2) is 0 Å². The van der Waals surface area contributed by atoms with E-state index in [0.717, 1.165) is 11.1 Å². The minimum absolute atomic E-state index is 0.405. The van der Waals surface area contributed by atoms with E-state index in [9.17, 15) is 0 Å². The van der Waals surface area contributed by atoms with E-state index >= 15 is 0 Å². The molecule has 20 heavy (non-hydrogen) atoms. The SMILES string of the molecule is CC(N)(c1ccccc1)c1nc(-c2ccccc2)no1. The van der Waals surface area contributed by atoms with Crippen molar-refractivity contribution in [3.8, 4) is 11.4 Å². The Morgan fingerprint density at radius 3 is 2.20 bits per heavy atom. The molecule has 0 aliphatic carbocycles. The van der Waals surface area contributed by atoms with Crippen LogP contribution in [0.1, 0.15) is 18.4 Å². The summed E-state index contributed by atoms with van der Waals surface area (Å²) in [6, 6.07) is 19.4. The van der Waals surface area contributed by atoms with Crippen molar-refractivity contribution in [2.24, 2.45) is 5.73 Å². The van der Waals surface area contributed by atoms with Gasteiger partial charge in [0.1, 0.15) is 5.54 Å². The molecule has 0 saturated heterocycles.